The number of nitrogens with one attached hydrogen (secondary N) is 1. The first-order chi connectivity index (χ1) is 12.6. The Morgan fingerprint density at radius 1 is 1.04 bits per heavy atom. The fourth-order valence-corrected chi connectivity index (χ4v) is 4.43. The molecule has 3 aromatic rings. The maximum absolute atomic E-state index is 13.0. The van der Waals surface area contributed by atoms with E-state index in [-0.39, 0.29) is 11.8 Å². The van der Waals surface area contributed by atoms with E-state index in [9.17, 15) is 14.7 Å². The number of nitrogens with zero attached hydrogens (tertiary/aromatic N) is 1. The minimum Gasteiger partial charge on any atom is -0.481 e. The summed E-state index contributed by atoms with van der Waals surface area (Å²) in [4.78, 5) is 29.5. The third kappa shape index (κ3) is 2.38. The molecule has 2 fully saturated rings. The Hall–Kier alpha value is -2.82. The summed E-state index contributed by atoms with van der Waals surface area (Å²) in [6, 6.07) is 14.0. The van der Waals surface area contributed by atoms with Crippen LogP contribution in [-0.2, 0) is 4.79 Å². The molecule has 1 saturated heterocycles. The van der Waals surface area contributed by atoms with Gasteiger partial charge in [-0.25, -0.2) is 0 Å². The Morgan fingerprint density at radius 3 is 2.62 bits per heavy atom. The highest BCUT2D eigenvalue weighted by Crippen LogP contribution is 2.44. The third-order valence-electron chi connectivity index (χ3n) is 5.96. The van der Waals surface area contributed by atoms with Gasteiger partial charge in [0.1, 0.15) is 5.69 Å². The smallest absolute Gasteiger partial charge is 0.308 e. The topological polar surface area (TPSA) is 73.4 Å². The molecule has 2 aromatic carbocycles. The van der Waals surface area contributed by atoms with Crippen LogP contribution in [0, 0.1) is 17.8 Å². The Kier molecular flexibility index (Phi) is 3.32. The number of hydrogen-bond donors (Lipinski definition) is 2. The van der Waals surface area contributed by atoms with Gasteiger partial charge in [0, 0.05) is 24.0 Å². The standard InChI is InChI=1S/C21H20N2O3/c24-20(23-10-16(13-5-6-13)17(11-23)21(25)26)19-9-15-14-4-2-1-3-12(14)7-8-18(15)22-19/h1-4,7-9,13,16-17,22H,5-6,10-11H2,(H,25,26)/t16-,17+/m1/s1. The molecule has 1 amide bonds. The molecule has 0 unspecified atom stereocenters. The molecule has 5 rings (SSSR count). The zero-order valence-electron chi connectivity index (χ0n) is 14.3. The molecule has 2 N–H and O–H groups in total. The summed E-state index contributed by atoms with van der Waals surface area (Å²) in [7, 11) is 0. The molecule has 1 saturated carbocycles. The van der Waals surface area contributed by atoms with Crippen LogP contribution in [0.4, 0.5) is 0 Å². The number of carbonyl (C=O) groups excluding carboxylic acids is 1. The highest BCUT2D eigenvalue weighted by Gasteiger charge is 2.47. The molecular formula is C21H20N2O3. The van der Waals surface area contributed by atoms with Gasteiger partial charge in [0.2, 0.25) is 0 Å². The number of aromatic amines is 1. The van der Waals surface area contributed by atoms with Crippen molar-refractivity contribution in [1.29, 1.82) is 0 Å². The first-order valence-electron chi connectivity index (χ1n) is 9.14. The van der Waals surface area contributed by atoms with E-state index in [1.807, 2.05) is 30.3 Å². The summed E-state index contributed by atoms with van der Waals surface area (Å²) in [6.07, 6.45) is 2.18. The molecule has 0 bridgehead atoms. The van der Waals surface area contributed by atoms with Crippen LogP contribution in [0.15, 0.2) is 42.5 Å². The highest BCUT2D eigenvalue weighted by molar-refractivity contribution is 6.09. The average Bonchev–Trinajstić information content (AvgIpc) is 3.23. The number of aromatic nitrogens is 1. The minimum atomic E-state index is -0.778. The third-order valence-corrected chi connectivity index (χ3v) is 5.96. The molecular weight excluding hydrogens is 328 g/mol. The summed E-state index contributed by atoms with van der Waals surface area (Å²) in [5.74, 6) is -0.738. The number of amides is 1. The van der Waals surface area contributed by atoms with E-state index in [1.165, 1.54) is 0 Å². The first-order valence-corrected chi connectivity index (χ1v) is 9.14. The van der Waals surface area contributed by atoms with E-state index in [4.69, 9.17) is 0 Å². The number of carboxylic acid groups (broad SMARTS) is 1. The average molecular weight is 348 g/mol. The zero-order chi connectivity index (χ0) is 17.8. The van der Waals surface area contributed by atoms with Gasteiger partial charge in [-0.15, -0.1) is 0 Å². The van der Waals surface area contributed by atoms with Crippen LogP contribution in [0.3, 0.4) is 0 Å². The zero-order valence-corrected chi connectivity index (χ0v) is 14.3. The van der Waals surface area contributed by atoms with Crippen molar-refractivity contribution in [3.05, 3.63) is 48.2 Å². The van der Waals surface area contributed by atoms with Gasteiger partial charge in [-0.1, -0.05) is 30.3 Å². The summed E-state index contributed by atoms with van der Waals surface area (Å²) in [6.45, 7) is 0.863. The quantitative estimate of drug-likeness (QED) is 0.761. The maximum atomic E-state index is 13.0. The van der Waals surface area contributed by atoms with Crippen LogP contribution >= 0.6 is 0 Å². The van der Waals surface area contributed by atoms with Gasteiger partial charge in [0.05, 0.1) is 5.92 Å². The van der Waals surface area contributed by atoms with Crippen molar-refractivity contribution in [3.63, 3.8) is 0 Å². The molecule has 1 aliphatic carbocycles. The van der Waals surface area contributed by atoms with Gasteiger partial charge in [0.15, 0.2) is 0 Å². The molecule has 5 nitrogen and oxygen atoms in total. The van der Waals surface area contributed by atoms with Gasteiger partial charge in [0.25, 0.3) is 5.91 Å². The highest BCUT2D eigenvalue weighted by atomic mass is 16.4. The predicted molar refractivity (Wildman–Crippen MR) is 99.0 cm³/mol. The lowest BCUT2D eigenvalue weighted by atomic mass is 9.92. The Labute approximate surface area is 150 Å². The number of H-pyrrole nitrogens is 1. The molecule has 26 heavy (non-hydrogen) atoms. The molecule has 1 aliphatic heterocycles. The van der Waals surface area contributed by atoms with Gasteiger partial charge >= 0.3 is 5.97 Å². The van der Waals surface area contributed by atoms with Gasteiger partial charge in [-0.05, 0) is 47.6 Å². The summed E-state index contributed by atoms with van der Waals surface area (Å²) >= 11 is 0. The molecule has 5 heteroatoms. The Bertz CT molecular complexity index is 1030. The van der Waals surface area contributed by atoms with E-state index >= 15 is 0 Å². The summed E-state index contributed by atoms with van der Waals surface area (Å²) in [5, 5.41) is 12.8. The van der Waals surface area contributed by atoms with E-state index in [0.29, 0.717) is 24.7 Å². The Morgan fingerprint density at radius 2 is 1.85 bits per heavy atom. The van der Waals surface area contributed by atoms with E-state index in [2.05, 4.69) is 17.1 Å². The number of aliphatic carboxylic acids is 1. The molecule has 0 spiro atoms. The fraction of sp³-hybridized carbons (Fsp3) is 0.333. The van der Waals surface area contributed by atoms with Crippen molar-refractivity contribution >= 4 is 33.6 Å². The predicted octanol–water partition coefficient (Wildman–Crippen LogP) is 3.50. The second-order valence-corrected chi connectivity index (χ2v) is 7.59. The number of fused-ring (bicyclic) bond motifs is 3. The van der Waals surface area contributed by atoms with E-state index in [0.717, 1.165) is 34.5 Å². The van der Waals surface area contributed by atoms with Crippen LogP contribution in [0.5, 0.6) is 0 Å². The van der Waals surface area contributed by atoms with Gasteiger partial charge in [-0.2, -0.15) is 0 Å². The number of carbonyl (C=O) groups is 2. The van der Waals surface area contributed by atoms with Gasteiger partial charge in [-0.3, -0.25) is 9.59 Å². The SMILES string of the molecule is O=C(O)[C@H]1CN(C(=O)c2cc3c(ccc4ccccc43)[nH]2)C[C@@H]1C1CC1. The lowest BCUT2D eigenvalue weighted by molar-refractivity contribution is -0.142. The van der Waals surface area contributed by atoms with Crippen molar-refractivity contribution in [2.75, 3.05) is 13.1 Å². The van der Waals surface area contributed by atoms with E-state index < -0.39 is 11.9 Å². The first kappa shape index (κ1) is 15.4. The number of benzene rings is 2. The molecule has 2 atom stereocenters. The number of likely N-dealkylation sites (tertiary alicyclic amines) is 1. The van der Waals surface area contributed by atoms with Crippen LogP contribution in [0.25, 0.3) is 21.7 Å². The molecule has 1 aromatic heterocycles. The number of rotatable bonds is 3. The molecule has 0 radical (unpaired) electrons. The monoisotopic (exact) mass is 348 g/mol. The minimum absolute atomic E-state index is 0.0975. The summed E-state index contributed by atoms with van der Waals surface area (Å²) < 4.78 is 0. The maximum Gasteiger partial charge on any atom is 0.308 e. The fourth-order valence-electron chi connectivity index (χ4n) is 4.43. The lowest BCUT2D eigenvalue weighted by Crippen LogP contribution is -2.30. The van der Waals surface area contributed by atoms with E-state index in [1.54, 1.807) is 4.90 Å². The number of hydrogen-bond acceptors (Lipinski definition) is 2. The van der Waals surface area contributed by atoms with Crippen molar-refractivity contribution in [3.8, 4) is 0 Å². The second kappa shape index (κ2) is 5.59. The van der Waals surface area contributed by atoms with Crippen LogP contribution < -0.4 is 0 Å². The Balaban J connectivity index is 1.48. The normalized spacial score (nSPS) is 23.0. The van der Waals surface area contributed by atoms with Crippen molar-refractivity contribution in [2.45, 2.75) is 12.8 Å². The molecule has 2 heterocycles. The van der Waals surface area contributed by atoms with Crippen LogP contribution in [-0.4, -0.2) is 40.0 Å². The molecule has 132 valence electrons. The van der Waals surface area contributed by atoms with Crippen molar-refractivity contribution < 1.29 is 14.7 Å². The van der Waals surface area contributed by atoms with Gasteiger partial charge < -0.3 is 15.0 Å². The summed E-state index contributed by atoms with van der Waals surface area (Å²) in [5.41, 5.74) is 1.47. The van der Waals surface area contributed by atoms with Crippen molar-refractivity contribution in [2.24, 2.45) is 17.8 Å². The largest absolute Gasteiger partial charge is 0.481 e. The van der Waals surface area contributed by atoms with Crippen LogP contribution in [0.1, 0.15) is 23.3 Å². The second-order valence-electron chi connectivity index (χ2n) is 7.59. The lowest BCUT2D eigenvalue weighted by Gasteiger charge is -2.15. The molecule has 2 aliphatic rings. The van der Waals surface area contributed by atoms with Crippen LogP contribution in [0.2, 0.25) is 0 Å². The van der Waals surface area contributed by atoms with Crippen molar-refractivity contribution in [1.82, 2.24) is 9.88 Å². The number of carboxylic acids is 1.